The third kappa shape index (κ3) is 5.94. The lowest BCUT2D eigenvalue weighted by atomic mass is 10.2. The molecule has 106 valence electrons. The maximum absolute atomic E-state index is 11.4. The van der Waals surface area contributed by atoms with E-state index in [1.807, 2.05) is 20.8 Å². The number of ether oxygens (including phenoxy) is 1. The van der Waals surface area contributed by atoms with Crippen molar-refractivity contribution in [3.05, 3.63) is 28.7 Å². The number of hydrogen-bond acceptors (Lipinski definition) is 4. The van der Waals surface area contributed by atoms with Gasteiger partial charge in [-0.05, 0) is 26.8 Å². The topological polar surface area (TPSA) is 72.4 Å². The van der Waals surface area contributed by atoms with Crippen LogP contribution in [0.25, 0.3) is 0 Å². The summed E-state index contributed by atoms with van der Waals surface area (Å²) in [4.78, 5) is 22.5. The van der Waals surface area contributed by atoms with E-state index in [0.29, 0.717) is 13.1 Å². The maximum Gasteiger partial charge on any atom is 0.407 e. The quantitative estimate of drug-likeness (QED) is 0.807. The van der Waals surface area contributed by atoms with Crippen molar-refractivity contribution in [1.29, 1.82) is 0 Å². The SMILES string of the molecule is Cn1cc(NCCNC(=O)OC(C)(C)C)ccc1=O. The number of nitrogens with zero attached hydrogens (tertiary/aromatic N) is 1. The van der Waals surface area contributed by atoms with Crippen LogP contribution >= 0.6 is 0 Å². The van der Waals surface area contributed by atoms with Gasteiger partial charge in [-0.1, -0.05) is 0 Å². The standard InChI is InChI=1S/C13H21N3O3/c1-13(2,3)19-12(18)15-8-7-14-10-5-6-11(17)16(4)9-10/h5-6,9,14H,7-8H2,1-4H3,(H,15,18). The van der Waals surface area contributed by atoms with Gasteiger partial charge >= 0.3 is 6.09 Å². The van der Waals surface area contributed by atoms with Crippen molar-refractivity contribution >= 4 is 11.8 Å². The lowest BCUT2D eigenvalue weighted by Gasteiger charge is -2.19. The number of anilines is 1. The molecule has 2 N–H and O–H groups in total. The molecule has 0 fully saturated rings. The fraction of sp³-hybridized carbons (Fsp3) is 0.538. The predicted octanol–water partition coefficient (Wildman–Crippen LogP) is 1.32. The molecule has 0 aliphatic rings. The lowest BCUT2D eigenvalue weighted by molar-refractivity contribution is 0.0530. The van der Waals surface area contributed by atoms with E-state index in [4.69, 9.17) is 4.74 Å². The summed E-state index contributed by atoms with van der Waals surface area (Å²) < 4.78 is 6.59. The summed E-state index contributed by atoms with van der Waals surface area (Å²) in [6.07, 6.45) is 1.27. The number of pyridine rings is 1. The van der Waals surface area contributed by atoms with Crippen LogP contribution in [0.5, 0.6) is 0 Å². The van der Waals surface area contributed by atoms with Crippen molar-refractivity contribution in [3.63, 3.8) is 0 Å². The van der Waals surface area contributed by atoms with Crippen LogP contribution in [-0.2, 0) is 11.8 Å². The van der Waals surface area contributed by atoms with E-state index in [9.17, 15) is 9.59 Å². The van der Waals surface area contributed by atoms with Crippen molar-refractivity contribution in [2.45, 2.75) is 26.4 Å². The molecular formula is C13H21N3O3. The first-order valence-electron chi connectivity index (χ1n) is 6.15. The molecule has 0 saturated carbocycles. The van der Waals surface area contributed by atoms with Gasteiger partial charge in [0.25, 0.3) is 0 Å². The van der Waals surface area contributed by atoms with Crippen molar-refractivity contribution in [2.75, 3.05) is 18.4 Å². The first kappa shape index (κ1) is 15.1. The van der Waals surface area contributed by atoms with E-state index in [-0.39, 0.29) is 5.56 Å². The molecule has 0 atom stereocenters. The number of alkyl carbamates (subject to hydrolysis) is 1. The highest BCUT2D eigenvalue weighted by atomic mass is 16.6. The zero-order valence-corrected chi connectivity index (χ0v) is 11.8. The molecule has 19 heavy (non-hydrogen) atoms. The van der Waals surface area contributed by atoms with E-state index in [1.54, 1.807) is 19.3 Å². The van der Waals surface area contributed by atoms with Gasteiger partial charge in [0, 0.05) is 32.4 Å². The Hall–Kier alpha value is -1.98. The van der Waals surface area contributed by atoms with Crippen LogP contribution in [0.3, 0.4) is 0 Å². The second kappa shape index (κ2) is 6.26. The van der Waals surface area contributed by atoms with Crippen LogP contribution < -0.4 is 16.2 Å². The van der Waals surface area contributed by atoms with Crippen LogP contribution in [0.15, 0.2) is 23.1 Å². The summed E-state index contributed by atoms with van der Waals surface area (Å²) in [5.74, 6) is 0. The number of hydrogen-bond donors (Lipinski definition) is 2. The molecule has 0 unspecified atom stereocenters. The third-order valence-electron chi connectivity index (χ3n) is 2.21. The molecule has 0 aliphatic heterocycles. The Kier molecular flexibility index (Phi) is 4.97. The normalized spacial score (nSPS) is 10.9. The van der Waals surface area contributed by atoms with Crippen molar-refractivity contribution < 1.29 is 9.53 Å². The number of amides is 1. The Bertz CT molecular complexity index is 489. The van der Waals surface area contributed by atoms with Gasteiger partial charge in [-0.25, -0.2) is 4.79 Å². The van der Waals surface area contributed by atoms with Gasteiger partial charge in [0.05, 0.1) is 5.69 Å². The molecule has 6 nitrogen and oxygen atoms in total. The number of nitrogens with one attached hydrogen (secondary N) is 2. The van der Waals surface area contributed by atoms with Crippen molar-refractivity contribution in [1.82, 2.24) is 9.88 Å². The van der Waals surface area contributed by atoms with Crippen LogP contribution in [0, 0.1) is 0 Å². The zero-order valence-electron chi connectivity index (χ0n) is 11.8. The Morgan fingerprint density at radius 3 is 2.58 bits per heavy atom. The van der Waals surface area contributed by atoms with Crippen molar-refractivity contribution in [3.8, 4) is 0 Å². The van der Waals surface area contributed by atoms with E-state index in [1.165, 1.54) is 10.6 Å². The Morgan fingerprint density at radius 2 is 2.00 bits per heavy atom. The molecular weight excluding hydrogens is 246 g/mol. The molecule has 0 bridgehead atoms. The summed E-state index contributed by atoms with van der Waals surface area (Å²) in [7, 11) is 1.69. The second-order valence-electron chi connectivity index (χ2n) is 5.22. The van der Waals surface area contributed by atoms with Crippen LogP contribution in [-0.4, -0.2) is 29.4 Å². The van der Waals surface area contributed by atoms with Gasteiger partial charge < -0.3 is 19.9 Å². The Morgan fingerprint density at radius 1 is 1.32 bits per heavy atom. The zero-order chi connectivity index (χ0) is 14.5. The summed E-state index contributed by atoms with van der Waals surface area (Å²) >= 11 is 0. The van der Waals surface area contributed by atoms with Gasteiger partial charge in [0.15, 0.2) is 0 Å². The molecule has 0 aliphatic carbocycles. The number of rotatable bonds is 4. The monoisotopic (exact) mass is 267 g/mol. The highest BCUT2D eigenvalue weighted by Gasteiger charge is 2.15. The Labute approximate surface area is 112 Å². The smallest absolute Gasteiger partial charge is 0.407 e. The van der Waals surface area contributed by atoms with Gasteiger partial charge in [-0.3, -0.25) is 4.79 Å². The van der Waals surface area contributed by atoms with E-state index in [2.05, 4.69) is 10.6 Å². The van der Waals surface area contributed by atoms with Gasteiger partial charge in [-0.15, -0.1) is 0 Å². The third-order valence-corrected chi connectivity index (χ3v) is 2.21. The molecule has 0 radical (unpaired) electrons. The highest BCUT2D eigenvalue weighted by Crippen LogP contribution is 2.06. The summed E-state index contributed by atoms with van der Waals surface area (Å²) in [5.41, 5.74) is 0.278. The maximum atomic E-state index is 11.4. The molecule has 1 aromatic rings. The highest BCUT2D eigenvalue weighted by molar-refractivity contribution is 5.67. The Balaban J connectivity index is 2.29. The number of aryl methyl sites for hydroxylation is 1. The minimum atomic E-state index is -0.491. The largest absolute Gasteiger partial charge is 0.444 e. The van der Waals surface area contributed by atoms with Crippen LogP contribution in [0.4, 0.5) is 10.5 Å². The predicted molar refractivity (Wildman–Crippen MR) is 74.4 cm³/mol. The first-order valence-corrected chi connectivity index (χ1v) is 6.15. The molecule has 0 spiro atoms. The molecule has 1 amide bonds. The summed E-state index contributed by atoms with van der Waals surface area (Å²) in [6.45, 7) is 6.44. The van der Waals surface area contributed by atoms with E-state index in [0.717, 1.165) is 5.69 Å². The van der Waals surface area contributed by atoms with Gasteiger partial charge in [0.2, 0.25) is 5.56 Å². The fourth-order valence-electron chi connectivity index (χ4n) is 1.38. The number of carbonyl (C=O) groups is 1. The van der Waals surface area contributed by atoms with Crippen molar-refractivity contribution in [2.24, 2.45) is 7.05 Å². The molecule has 1 aromatic heterocycles. The van der Waals surface area contributed by atoms with Gasteiger partial charge in [0.1, 0.15) is 5.60 Å². The molecule has 6 heteroatoms. The average molecular weight is 267 g/mol. The molecule has 0 saturated heterocycles. The first-order chi connectivity index (χ1) is 8.78. The van der Waals surface area contributed by atoms with Crippen LogP contribution in [0.1, 0.15) is 20.8 Å². The van der Waals surface area contributed by atoms with Gasteiger partial charge in [-0.2, -0.15) is 0 Å². The fourth-order valence-corrected chi connectivity index (χ4v) is 1.38. The number of carbonyl (C=O) groups excluding carboxylic acids is 1. The summed E-state index contributed by atoms with van der Waals surface area (Å²) in [5, 5.41) is 5.74. The molecule has 0 aromatic carbocycles. The number of aromatic nitrogens is 1. The van der Waals surface area contributed by atoms with Crippen LogP contribution in [0.2, 0.25) is 0 Å². The van der Waals surface area contributed by atoms with E-state index < -0.39 is 11.7 Å². The minimum absolute atomic E-state index is 0.0579. The molecule has 1 rings (SSSR count). The molecule has 1 heterocycles. The second-order valence-corrected chi connectivity index (χ2v) is 5.22. The summed E-state index contributed by atoms with van der Waals surface area (Å²) in [6, 6.07) is 3.19. The average Bonchev–Trinajstić information content (AvgIpc) is 2.27. The lowest BCUT2D eigenvalue weighted by Crippen LogP contribution is -2.35. The minimum Gasteiger partial charge on any atom is -0.444 e. The van der Waals surface area contributed by atoms with E-state index >= 15 is 0 Å².